The number of hydrogen-bond donors (Lipinski definition) is 2. The van der Waals surface area contributed by atoms with Gasteiger partial charge in [-0.1, -0.05) is 0 Å². The Bertz CT molecular complexity index is 746. The summed E-state index contributed by atoms with van der Waals surface area (Å²) in [4.78, 5) is 23.4. The highest BCUT2D eigenvalue weighted by Crippen LogP contribution is 2.52. The van der Waals surface area contributed by atoms with Crippen LogP contribution in [0.4, 0.5) is 4.79 Å². The van der Waals surface area contributed by atoms with Gasteiger partial charge in [0, 0.05) is 19.4 Å². The predicted octanol–water partition coefficient (Wildman–Crippen LogP) is 1.59. The number of amides is 1. The summed E-state index contributed by atoms with van der Waals surface area (Å²) in [6.07, 6.45) is 2.74. The Balaban J connectivity index is 1.53. The molecule has 0 aromatic rings. The van der Waals surface area contributed by atoms with Crippen LogP contribution in [0.15, 0.2) is 0 Å². The number of nitrogens with one attached hydrogen (secondary N) is 2. The number of hydrogen-bond acceptors (Lipinski definition) is 7. The van der Waals surface area contributed by atoms with Gasteiger partial charge < -0.3 is 14.2 Å². The number of esters is 1. The molecule has 0 radical (unpaired) electrons. The standard InChI is InChI=1S/C20H32N2O7S/c1-20(2,3)18(23)28-13-12-27-11-10-21-30(25,26)22-19(24)29-14-17-15-8-6-4-5-7-9-16(15)17/h15-17,21H,6-14H2,1-3H3,(H,22,24)/t15-,16+,17?. The minimum atomic E-state index is -4.03. The summed E-state index contributed by atoms with van der Waals surface area (Å²) in [6.45, 7) is 5.72. The van der Waals surface area contributed by atoms with Gasteiger partial charge in [0.1, 0.15) is 6.61 Å². The van der Waals surface area contributed by atoms with Crippen molar-refractivity contribution in [2.24, 2.45) is 23.2 Å². The van der Waals surface area contributed by atoms with Crippen LogP contribution in [0.2, 0.25) is 0 Å². The van der Waals surface area contributed by atoms with E-state index in [-0.39, 0.29) is 44.9 Å². The van der Waals surface area contributed by atoms with Gasteiger partial charge in [0.25, 0.3) is 0 Å². The third kappa shape index (κ3) is 8.50. The first-order valence-electron chi connectivity index (χ1n) is 10.2. The SMILES string of the molecule is CC(C)(C)C(=O)OCCOCCNS(=O)(=O)NC(=O)OCC1[C@H]2CCC#CCC[C@@H]12. The Morgan fingerprint density at radius 2 is 1.63 bits per heavy atom. The van der Waals surface area contributed by atoms with Crippen molar-refractivity contribution in [1.82, 2.24) is 9.44 Å². The molecular formula is C20H32N2O7S. The second kappa shape index (κ2) is 11.0. The largest absolute Gasteiger partial charge is 0.463 e. The van der Waals surface area contributed by atoms with E-state index < -0.39 is 21.7 Å². The fourth-order valence-electron chi connectivity index (χ4n) is 3.39. The lowest BCUT2D eigenvalue weighted by atomic mass is 9.97. The third-order valence-electron chi connectivity index (χ3n) is 5.08. The molecule has 2 N–H and O–H groups in total. The summed E-state index contributed by atoms with van der Waals surface area (Å²) in [7, 11) is -4.03. The lowest BCUT2D eigenvalue weighted by molar-refractivity contribution is -0.154. The van der Waals surface area contributed by atoms with Crippen LogP contribution < -0.4 is 9.44 Å². The fourth-order valence-corrected chi connectivity index (χ4v) is 4.09. The van der Waals surface area contributed by atoms with Crippen molar-refractivity contribution in [1.29, 1.82) is 0 Å². The Kier molecular flexibility index (Phi) is 8.94. The zero-order valence-corrected chi connectivity index (χ0v) is 18.7. The molecule has 10 heteroatoms. The topological polar surface area (TPSA) is 120 Å². The van der Waals surface area contributed by atoms with Crippen LogP contribution in [-0.2, 0) is 29.2 Å². The van der Waals surface area contributed by atoms with Gasteiger partial charge in [-0.05, 0) is 51.4 Å². The van der Waals surface area contributed by atoms with Gasteiger partial charge in [0.15, 0.2) is 0 Å². The molecule has 2 aliphatic carbocycles. The molecule has 1 unspecified atom stereocenters. The maximum Gasteiger partial charge on any atom is 0.421 e. The molecule has 9 nitrogen and oxygen atoms in total. The molecule has 170 valence electrons. The molecule has 30 heavy (non-hydrogen) atoms. The zero-order valence-electron chi connectivity index (χ0n) is 17.9. The molecule has 0 aromatic carbocycles. The molecule has 1 saturated carbocycles. The molecule has 0 bridgehead atoms. The number of rotatable bonds is 10. The summed E-state index contributed by atoms with van der Waals surface area (Å²) < 4.78 is 43.1. The van der Waals surface area contributed by atoms with E-state index in [1.807, 2.05) is 4.72 Å². The van der Waals surface area contributed by atoms with Gasteiger partial charge >= 0.3 is 22.3 Å². The van der Waals surface area contributed by atoms with Gasteiger partial charge in [-0.3, -0.25) is 4.79 Å². The number of carbonyl (C=O) groups excluding carboxylic acids is 2. The fraction of sp³-hybridized carbons (Fsp3) is 0.800. The van der Waals surface area contributed by atoms with Gasteiger partial charge in [0.05, 0.1) is 25.2 Å². The minimum Gasteiger partial charge on any atom is -0.463 e. The minimum absolute atomic E-state index is 0.0391. The molecule has 1 fully saturated rings. The van der Waals surface area contributed by atoms with Gasteiger partial charge in [-0.25, -0.2) is 9.52 Å². The van der Waals surface area contributed by atoms with Crippen LogP contribution in [0.3, 0.4) is 0 Å². The average molecular weight is 445 g/mol. The molecule has 0 saturated heterocycles. The third-order valence-corrected chi connectivity index (χ3v) is 6.10. The summed E-state index contributed by atoms with van der Waals surface area (Å²) in [5, 5.41) is 0. The molecule has 1 amide bonds. The van der Waals surface area contributed by atoms with Gasteiger partial charge in [0.2, 0.25) is 0 Å². The molecule has 0 heterocycles. The lowest BCUT2D eigenvalue weighted by Gasteiger charge is -2.16. The van der Waals surface area contributed by atoms with Crippen LogP contribution in [0.1, 0.15) is 46.5 Å². The van der Waals surface area contributed by atoms with E-state index in [4.69, 9.17) is 14.2 Å². The van der Waals surface area contributed by atoms with Crippen LogP contribution >= 0.6 is 0 Å². The van der Waals surface area contributed by atoms with E-state index in [9.17, 15) is 18.0 Å². The summed E-state index contributed by atoms with van der Waals surface area (Å²) in [5.41, 5.74) is -0.583. The van der Waals surface area contributed by atoms with Crippen molar-refractivity contribution >= 4 is 22.3 Å². The maximum atomic E-state index is 11.9. The van der Waals surface area contributed by atoms with E-state index in [0.717, 1.165) is 25.7 Å². The number of fused-ring (bicyclic) bond motifs is 1. The normalized spacial score (nSPS) is 23.1. The van der Waals surface area contributed by atoms with Crippen LogP contribution in [0.25, 0.3) is 0 Å². The van der Waals surface area contributed by atoms with Crippen LogP contribution in [-0.4, -0.2) is 53.5 Å². The Hall–Kier alpha value is -1.83. The molecular weight excluding hydrogens is 412 g/mol. The lowest BCUT2D eigenvalue weighted by Crippen LogP contribution is -2.42. The van der Waals surface area contributed by atoms with Crippen LogP contribution in [0, 0.1) is 35.0 Å². The number of ether oxygens (including phenoxy) is 3. The van der Waals surface area contributed by atoms with Crippen molar-refractivity contribution in [2.75, 3.05) is 33.0 Å². The van der Waals surface area contributed by atoms with Crippen molar-refractivity contribution in [2.45, 2.75) is 46.5 Å². The monoisotopic (exact) mass is 444 g/mol. The Morgan fingerprint density at radius 3 is 2.23 bits per heavy atom. The Labute approximate surface area is 178 Å². The molecule has 0 aromatic heterocycles. The molecule has 2 rings (SSSR count). The maximum absolute atomic E-state index is 11.9. The first-order valence-corrected chi connectivity index (χ1v) is 11.7. The predicted molar refractivity (Wildman–Crippen MR) is 109 cm³/mol. The van der Waals surface area contributed by atoms with E-state index in [1.165, 1.54) is 0 Å². The van der Waals surface area contributed by atoms with Crippen molar-refractivity contribution < 1.29 is 32.2 Å². The van der Waals surface area contributed by atoms with E-state index >= 15 is 0 Å². The van der Waals surface area contributed by atoms with E-state index in [2.05, 4.69) is 16.6 Å². The summed E-state index contributed by atoms with van der Waals surface area (Å²) in [5.74, 6) is 7.22. The second-order valence-corrected chi connectivity index (χ2v) is 10.0. The quantitative estimate of drug-likeness (QED) is 0.298. The molecule has 0 spiro atoms. The molecule has 2 aliphatic rings. The van der Waals surface area contributed by atoms with Crippen molar-refractivity contribution in [3.05, 3.63) is 0 Å². The number of carbonyl (C=O) groups is 2. The highest BCUT2D eigenvalue weighted by atomic mass is 32.2. The summed E-state index contributed by atoms with van der Waals surface area (Å²) >= 11 is 0. The second-order valence-electron chi connectivity index (χ2n) is 8.52. The Morgan fingerprint density at radius 1 is 1.00 bits per heavy atom. The smallest absolute Gasteiger partial charge is 0.421 e. The molecule has 3 atom stereocenters. The van der Waals surface area contributed by atoms with Gasteiger partial charge in [-0.15, -0.1) is 11.8 Å². The van der Waals surface area contributed by atoms with Crippen molar-refractivity contribution in [3.63, 3.8) is 0 Å². The van der Waals surface area contributed by atoms with Crippen molar-refractivity contribution in [3.8, 4) is 11.8 Å². The van der Waals surface area contributed by atoms with Crippen LogP contribution in [0.5, 0.6) is 0 Å². The average Bonchev–Trinajstić information content (AvgIpc) is 3.26. The highest BCUT2D eigenvalue weighted by Gasteiger charge is 2.49. The first kappa shape index (κ1) is 24.4. The molecule has 0 aliphatic heterocycles. The zero-order chi connectivity index (χ0) is 22.2. The van der Waals surface area contributed by atoms with E-state index in [1.54, 1.807) is 20.8 Å². The first-order chi connectivity index (χ1) is 14.1. The highest BCUT2D eigenvalue weighted by molar-refractivity contribution is 7.88. The summed E-state index contributed by atoms with van der Waals surface area (Å²) in [6, 6.07) is 0. The van der Waals surface area contributed by atoms with Gasteiger partial charge in [-0.2, -0.15) is 13.1 Å². The van der Waals surface area contributed by atoms with E-state index in [0.29, 0.717) is 11.8 Å².